The first kappa shape index (κ1) is 17.9. The summed E-state index contributed by atoms with van der Waals surface area (Å²) in [4.78, 5) is 20.4. The maximum absolute atomic E-state index is 12.1. The summed E-state index contributed by atoms with van der Waals surface area (Å²) in [5.74, 6) is 1.50. The second-order valence-electron chi connectivity index (χ2n) is 6.51. The molecule has 28 heavy (non-hydrogen) atoms. The maximum atomic E-state index is 12.1. The molecule has 2 aromatic carbocycles. The van der Waals surface area contributed by atoms with Crippen LogP contribution < -0.4 is 14.8 Å². The number of carbonyl (C=O) groups excluding carboxylic acids is 1. The monoisotopic (exact) mass is 375 g/mol. The van der Waals surface area contributed by atoms with E-state index in [1.807, 2.05) is 48.5 Å². The number of rotatable bonds is 5. The number of fused-ring (bicyclic) bond motifs is 3. The first-order valence-corrected chi connectivity index (χ1v) is 8.97. The van der Waals surface area contributed by atoms with E-state index in [1.54, 1.807) is 21.3 Å². The summed E-state index contributed by atoms with van der Waals surface area (Å²) in [7, 11) is 4.92. The third kappa shape index (κ3) is 3.13. The molecule has 0 unspecified atom stereocenters. The Kier molecular flexibility index (Phi) is 4.61. The van der Waals surface area contributed by atoms with Crippen LogP contribution >= 0.6 is 0 Å². The van der Waals surface area contributed by atoms with Crippen LogP contribution in [-0.4, -0.2) is 37.1 Å². The smallest absolute Gasteiger partial charge is 0.224 e. The number of nitrogens with zero attached hydrogens (tertiary/aromatic N) is 1. The number of amides is 1. The van der Waals surface area contributed by atoms with Gasteiger partial charge < -0.3 is 19.8 Å². The fraction of sp³-hybridized carbons (Fsp3) is 0.182. The van der Waals surface area contributed by atoms with Crippen molar-refractivity contribution in [2.75, 3.05) is 21.3 Å². The van der Waals surface area contributed by atoms with Crippen molar-refractivity contribution in [3.8, 4) is 22.8 Å². The number of carbonyl (C=O) groups is 1. The van der Waals surface area contributed by atoms with E-state index in [-0.39, 0.29) is 12.3 Å². The predicted molar refractivity (Wildman–Crippen MR) is 110 cm³/mol. The summed E-state index contributed by atoms with van der Waals surface area (Å²) < 4.78 is 10.6. The molecule has 2 aromatic heterocycles. The van der Waals surface area contributed by atoms with Crippen molar-refractivity contribution in [1.29, 1.82) is 0 Å². The molecule has 0 aliphatic heterocycles. The molecule has 0 aliphatic carbocycles. The van der Waals surface area contributed by atoms with Crippen molar-refractivity contribution >= 4 is 27.8 Å². The molecule has 0 aliphatic rings. The van der Waals surface area contributed by atoms with Gasteiger partial charge in [-0.1, -0.05) is 0 Å². The molecule has 0 spiro atoms. The normalized spacial score (nSPS) is 11.0. The number of aromatic amines is 1. The largest absolute Gasteiger partial charge is 0.497 e. The molecule has 0 fully saturated rings. The van der Waals surface area contributed by atoms with E-state index >= 15 is 0 Å². The van der Waals surface area contributed by atoms with E-state index in [0.717, 1.165) is 50.3 Å². The van der Waals surface area contributed by atoms with E-state index in [0.29, 0.717) is 0 Å². The Balaban J connectivity index is 1.94. The van der Waals surface area contributed by atoms with Gasteiger partial charge in [0, 0.05) is 24.1 Å². The van der Waals surface area contributed by atoms with Gasteiger partial charge in [-0.3, -0.25) is 4.79 Å². The number of ether oxygens (including phenoxy) is 2. The minimum absolute atomic E-state index is 0.0515. The molecular weight excluding hydrogens is 354 g/mol. The van der Waals surface area contributed by atoms with Gasteiger partial charge in [0.05, 0.1) is 42.9 Å². The van der Waals surface area contributed by atoms with E-state index in [9.17, 15) is 4.79 Å². The second-order valence-corrected chi connectivity index (χ2v) is 6.51. The summed E-state index contributed by atoms with van der Waals surface area (Å²) >= 11 is 0. The van der Waals surface area contributed by atoms with Crippen molar-refractivity contribution in [3.63, 3.8) is 0 Å². The first-order valence-electron chi connectivity index (χ1n) is 8.97. The summed E-state index contributed by atoms with van der Waals surface area (Å²) in [6.45, 7) is 0. The summed E-state index contributed by atoms with van der Waals surface area (Å²) in [5, 5.41) is 3.68. The Morgan fingerprint density at radius 1 is 1.04 bits per heavy atom. The Labute approximate surface area is 162 Å². The highest BCUT2D eigenvalue weighted by Gasteiger charge is 2.15. The zero-order valence-electron chi connectivity index (χ0n) is 16.0. The topological polar surface area (TPSA) is 76.2 Å². The molecule has 0 saturated heterocycles. The van der Waals surface area contributed by atoms with Crippen LogP contribution in [0.2, 0.25) is 0 Å². The van der Waals surface area contributed by atoms with Crippen LogP contribution in [0.1, 0.15) is 5.56 Å². The van der Waals surface area contributed by atoms with Crippen LogP contribution in [0, 0.1) is 0 Å². The van der Waals surface area contributed by atoms with Crippen LogP contribution in [0.4, 0.5) is 0 Å². The quantitative estimate of drug-likeness (QED) is 0.558. The van der Waals surface area contributed by atoms with Crippen LogP contribution in [0.25, 0.3) is 33.2 Å². The molecule has 4 rings (SSSR count). The lowest BCUT2D eigenvalue weighted by molar-refractivity contribution is -0.119. The maximum Gasteiger partial charge on any atom is 0.224 e. The van der Waals surface area contributed by atoms with Crippen LogP contribution in [0.5, 0.6) is 11.5 Å². The van der Waals surface area contributed by atoms with Gasteiger partial charge in [0.15, 0.2) is 0 Å². The zero-order chi connectivity index (χ0) is 19.7. The fourth-order valence-corrected chi connectivity index (χ4v) is 3.34. The van der Waals surface area contributed by atoms with Gasteiger partial charge in [-0.2, -0.15) is 0 Å². The molecule has 0 radical (unpaired) electrons. The van der Waals surface area contributed by atoms with Gasteiger partial charge in [-0.25, -0.2) is 4.98 Å². The van der Waals surface area contributed by atoms with Gasteiger partial charge in [-0.05, 0) is 48.0 Å². The van der Waals surface area contributed by atoms with Gasteiger partial charge in [0.1, 0.15) is 11.5 Å². The Morgan fingerprint density at radius 2 is 1.75 bits per heavy atom. The molecule has 1 amide bonds. The van der Waals surface area contributed by atoms with Crippen molar-refractivity contribution < 1.29 is 14.3 Å². The van der Waals surface area contributed by atoms with Crippen molar-refractivity contribution in [2.45, 2.75) is 6.42 Å². The Bertz CT molecular complexity index is 1160. The van der Waals surface area contributed by atoms with Crippen molar-refractivity contribution in [2.24, 2.45) is 0 Å². The van der Waals surface area contributed by atoms with E-state index in [2.05, 4.69) is 10.3 Å². The average Bonchev–Trinajstić information content (AvgIpc) is 3.11. The number of methoxy groups -OCH3 is 2. The molecule has 0 bridgehead atoms. The summed E-state index contributed by atoms with van der Waals surface area (Å²) in [5.41, 5.74) is 5.29. The lowest BCUT2D eigenvalue weighted by atomic mass is 10.0. The van der Waals surface area contributed by atoms with Gasteiger partial charge in [-0.15, -0.1) is 0 Å². The molecular formula is C22H21N3O3. The minimum atomic E-state index is -0.0515. The first-order chi connectivity index (χ1) is 13.6. The highest BCUT2D eigenvalue weighted by molar-refractivity contribution is 6.07. The molecule has 4 aromatic rings. The van der Waals surface area contributed by atoms with Gasteiger partial charge >= 0.3 is 0 Å². The van der Waals surface area contributed by atoms with E-state index < -0.39 is 0 Å². The number of likely N-dealkylation sites (N-methyl/N-ethyl adjacent to an activating group) is 1. The third-order valence-electron chi connectivity index (χ3n) is 4.86. The van der Waals surface area contributed by atoms with E-state index in [1.165, 1.54) is 0 Å². The number of aromatic nitrogens is 2. The molecule has 0 atom stereocenters. The van der Waals surface area contributed by atoms with Crippen LogP contribution in [-0.2, 0) is 11.2 Å². The fourth-order valence-electron chi connectivity index (χ4n) is 3.34. The highest BCUT2D eigenvalue weighted by Crippen LogP contribution is 2.32. The Hall–Kier alpha value is -3.54. The van der Waals surface area contributed by atoms with E-state index in [4.69, 9.17) is 14.5 Å². The lowest BCUT2D eigenvalue weighted by Gasteiger charge is -2.08. The zero-order valence-corrected chi connectivity index (χ0v) is 16.0. The number of nitrogens with one attached hydrogen (secondary N) is 2. The SMILES string of the molecule is CNC(=O)Cc1cc(-c2ccc(OC)cc2)nc2c1[nH]c1cc(OC)ccc12. The van der Waals surface area contributed by atoms with Crippen molar-refractivity contribution in [1.82, 2.24) is 15.3 Å². The Morgan fingerprint density at radius 3 is 2.43 bits per heavy atom. The molecule has 6 nitrogen and oxygen atoms in total. The number of H-pyrrole nitrogens is 1. The van der Waals surface area contributed by atoms with Gasteiger partial charge in [0.2, 0.25) is 5.91 Å². The second kappa shape index (κ2) is 7.23. The summed E-state index contributed by atoms with van der Waals surface area (Å²) in [6, 6.07) is 15.5. The summed E-state index contributed by atoms with van der Waals surface area (Å²) in [6.07, 6.45) is 0.266. The average molecular weight is 375 g/mol. The van der Waals surface area contributed by atoms with Crippen LogP contribution in [0.3, 0.4) is 0 Å². The molecule has 2 heterocycles. The standard InChI is InChI=1S/C22H21N3O3/c1-23-20(26)11-14-10-18(13-4-6-15(27-2)7-5-13)24-22-17-9-8-16(28-3)12-19(17)25-21(14)22/h4-10,12,25H,11H2,1-3H3,(H,23,26). The highest BCUT2D eigenvalue weighted by atomic mass is 16.5. The molecule has 0 saturated carbocycles. The van der Waals surface area contributed by atoms with Crippen LogP contribution in [0.15, 0.2) is 48.5 Å². The third-order valence-corrected chi connectivity index (χ3v) is 4.86. The lowest BCUT2D eigenvalue weighted by Crippen LogP contribution is -2.20. The number of hydrogen-bond acceptors (Lipinski definition) is 4. The molecule has 142 valence electrons. The predicted octanol–water partition coefficient (Wildman–Crippen LogP) is 3.69. The number of pyridine rings is 1. The number of hydrogen-bond donors (Lipinski definition) is 2. The van der Waals surface area contributed by atoms with Crippen molar-refractivity contribution in [3.05, 3.63) is 54.1 Å². The van der Waals surface area contributed by atoms with Gasteiger partial charge in [0.25, 0.3) is 0 Å². The number of benzene rings is 2. The molecule has 2 N–H and O–H groups in total. The minimum Gasteiger partial charge on any atom is -0.497 e. The molecule has 6 heteroatoms.